The SMILES string of the molecule is CC[C@H](c1ccccc1)[C@@H]([C@H](Nc1ccc(OC)cc1)c1ccccc1)[N+](=O)[O-]. The number of rotatable bonds is 9. The van der Waals surface area contributed by atoms with Crippen molar-refractivity contribution in [1.29, 1.82) is 0 Å². The first-order chi connectivity index (χ1) is 14.1. The van der Waals surface area contributed by atoms with Crippen LogP contribution in [-0.4, -0.2) is 18.1 Å². The number of nitrogens with zero attached hydrogens (tertiary/aromatic N) is 1. The second-order valence-corrected chi connectivity index (χ2v) is 6.96. The average molecular weight is 390 g/mol. The van der Waals surface area contributed by atoms with E-state index in [-0.39, 0.29) is 10.8 Å². The van der Waals surface area contributed by atoms with E-state index < -0.39 is 12.1 Å². The molecule has 150 valence electrons. The van der Waals surface area contributed by atoms with Gasteiger partial charge in [-0.25, -0.2) is 0 Å². The standard InChI is InChI=1S/C24H26N2O3/c1-3-22(18-10-6-4-7-11-18)24(26(27)28)23(19-12-8-5-9-13-19)25-20-14-16-21(29-2)17-15-20/h4-17,22-25H,3H2,1-2H3/t22-,23-,24+/m1/s1. The first kappa shape index (κ1) is 20.4. The number of hydrogen-bond acceptors (Lipinski definition) is 4. The van der Waals surface area contributed by atoms with Crippen molar-refractivity contribution in [3.8, 4) is 5.75 Å². The Kier molecular flexibility index (Phi) is 6.85. The minimum Gasteiger partial charge on any atom is -0.497 e. The predicted molar refractivity (Wildman–Crippen MR) is 116 cm³/mol. The molecule has 0 saturated carbocycles. The van der Waals surface area contributed by atoms with Gasteiger partial charge in [0, 0.05) is 10.6 Å². The van der Waals surface area contributed by atoms with Crippen LogP contribution in [0.4, 0.5) is 5.69 Å². The molecule has 3 rings (SSSR count). The van der Waals surface area contributed by atoms with Crippen LogP contribution in [0.25, 0.3) is 0 Å². The van der Waals surface area contributed by atoms with Crippen molar-refractivity contribution >= 4 is 5.69 Å². The number of benzene rings is 3. The summed E-state index contributed by atoms with van der Waals surface area (Å²) in [5.74, 6) is 0.524. The molecule has 0 radical (unpaired) electrons. The van der Waals surface area contributed by atoms with Crippen molar-refractivity contribution in [1.82, 2.24) is 0 Å². The molecule has 0 unspecified atom stereocenters. The highest BCUT2D eigenvalue weighted by Gasteiger charge is 2.40. The van der Waals surface area contributed by atoms with Crippen LogP contribution in [0.15, 0.2) is 84.9 Å². The highest BCUT2D eigenvalue weighted by molar-refractivity contribution is 5.49. The van der Waals surface area contributed by atoms with Crippen LogP contribution < -0.4 is 10.1 Å². The van der Waals surface area contributed by atoms with E-state index in [0.29, 0.717) is 6.42 Å². The zero-order valence-electron chi connectivity index (χ0n) is 16.7. The Labute approximate surface area is 171 Å². The fourth-order valence-electron chi connectivity index (χ4n) is 3.77. The minimum atomic E-state index is -0.827. The van der Waals surface area contributed by atoms with Crippen LogP contribution in [0, 0.1) is 10.1 Å². The Morgan fingerprint density at radius 2 is 1.45 bits per heavy atom. The van der Waals surface area contributed by atoms with Crippen molar-refractivity contribution in [2.24, 2.45) is 0 Å². The highest BCUT2D eigenvalue weighted by Crippen LogP contribution is 2.35. The van der Waals surface area contributed by atoms with E-state index in [2.05, 4.69) is 5.32 Å². The Balaban J connectivity index is 2.02. The fraction of sp³-hybridized carbons (Fsp3) is 0.250. The summed E-state index contributed by atoms with van der Waals surface area (Å²) in [7, 11) is 1.61. The van der Waals surface area contributed by atoms with Crippen LogP contribution in [0.3, 0.4) is 0 Å². The maximum absolute atomic E-state index is 12.3. The van der Waals surface area contributed by atoms with E-state index in [1.807, 2.05) is 91.9 Å². The average Bonchev–Trinajstić information content (AvgIpc) is 2.77. The Hall–Kier alpha value is -3.34. The van der Waals surface area contributed by atoms with Gasteiger partial charge in [0.15, 0.2) is 0 Å². The largest absolute Gasteiger partial charge is 0.497 e. The summed E-state index contributed by atoms with van der Waals surface area (Å²) in [4.78, 5) is 12.2. The van der Waals surface area contributed by atoms with Gasteiger partial charge in [0.2, 0.25) is 6.04 Å². The number of methoxy groups -OCH3 is 1. The third-order valence-corrected chi connectivity index (χ3v) is 5.24. The molecule has 5 nitrogen and oxygen atoms in total. The Morgan fingerprint density at radius 3 is 1.93 bits per heavy atom. The molecule has 5 heteroatoms. The molecule has 0 fully saturated rings. The number of ether oxygens (including phenoxy) is 1. The molecule has 0 amide bonds. The lowest BCUT2D eigenvalue weighted by Crippen LogP contribution is -2.37. The van der Waals surface area contributed by atoms with Crippen molar-refractivity contribution < 1.29 is 9.66 Å². The fourth-order valence-corrected chi connectivity index (χ4v) is 3.77. The van der Waals surface area contributed by atoms with Crippen LogP contribution >= 0.6 is 0 Å². The molecule has 0 aromatic heterocycles. The number of hydrogen-bond donors (Lipinski definition) is 1. The maximum Gasteiger partial charge on any atom is 0.243 e. The third kappa shape index (κ3) is 4.93. The molecular weight excluding hydrogens is 364 g/mol. The highest BCUT2D eigenvalue weighted by atomic mass is 16.6. The lowest BCUT2D eigenvalue weighted by molar-refractivity contribution is -0.530. The number of anilines is 1. The summed E-state index contributed by atoms with van der Waals surface area (Å²) in [5.41, 5.74) is 2.68. The molecular formula is C24H26N2O3. The minimum absolute atomic E-state index is 0.143. The maximum atomic E-state index is 12.3. The quantitative estimate of drug-likeness (QED) is 0.377. The predicted octanol–water partition coefficient (Wildman–Crippen LogP) is 5.69. The molecule has 0 saturated heterocycles. The van der Waals surface area contributed by atoms with Crippen molar-refractivity contribution in [2.75, 3.05) is 12.4 Å². The summed E-state index contributed by atoms with van der Waals surface area (Å²) >= 11 is 0. The van der Waals surface area contributed by atoms with Crippen molar-refractivity contribution in [3.05, 3.63) is 106 Å². The van der Waals surface area contributed by atoms with E-state index in [4.69, 9.17) is 4.74 Å². The molecule has 0 aliphatic carbocycles. The van der Waals surface area contributed by atoms with E-state index >= 15 is 0 Å². The lowest BCUT2D eigenvalue weighted by atomic mass is 9.83. The van der Waals surface area contributed by atoms with Gasteiger partial charge in [-0.15, -0.1) is 0 Å². The third-order valence-electron chi connectivity index (χ3n) is 5.24. The summed E-state index contributed by atoms with van der Waals surface area (Å²) in [6.45, 7) is 2.00. The number of nitro groups is 1. The molecule has 3 aromatic rings. The molecule has 0 bridgehead atoms. The molecule has 0 spiro atoms. The van der Waals surface area contributed by atoms with E-state index in [0.717, 1.165) is 22.6 Å². The first-order valence-corrected chi connectivity index (χ1v) is 9.78. The van der Waals surface area contributed by atoms with Gasteiger partial charge in [0.1, 0.15) is 11.8 Å². The lowest BCUT2D eigenvalue weighted by Gasteiger charge is -2.29. The summed E-state index contributed by atoms with van der Waals surface area (Å²) in [6.07, 6.45) is 0.670. The smallest absolute Gasteiger partial charge is 0.243 e. The molecule has 3 aromatic carbocycles. The molecule has 29 heavy (non-hydrogen) atoms. The van der Waals surface area contributed by atoms with Crippen LogP contribution in [0.1, 0.15) is 36.4 Å². The first-order valence-electron chi connectivity index (χ1n) is 9.78. The monoisotopic (exact) mass is 390 g/mol. The summed E-state index contributed by atoms with van der Waals surface area (Å²) in [6, 6.07) is 25.5. The van der Waals surface area contributed by atoms with Gasteiger partial charge in [-0.05, 0) is 41.8 Å². The molecule has 0 heterocycles. The van der Waals surface area contributed by atoms with Gasteiger partial charge >= 0.3 is 0 Å². The van der Waals surface area contributed by atoms with Crippen molar-refractivity contribution in [3.63, 3.8) is 0 Å². The summed E-state index contributed by atoms with van der Waals surface area (Å²) < 4.78 is 5.22. The van der Waals surface area contributed by atoms with E-state index in [1.165, 1.54) is 0 Å². The van der Waals surface area contributed by atoms with E-state index in [1.54, 1.807) is 7.11 Å². The van der Waals surface area contributed by atoms with Gasteiger partial charge in [0.05, 0.1) is 13.0 Å². The van der Waals surface area contributed by atoms with Gasteiger partial charge in [-0.1, -0.05) is 67.6 Å². The molecule has 1 N–H and O–H groups in total. The van der Waals surface area contributed by atoms with Crippen LogP contribution in [-0.2, 0) is 0 Å². The zero-order valence-corrected chi connectivity index (χ0v) is 16.7. The number of nitrogens with one attached hydrogen (secondary N) is 1. The second-order valence-electron chi connectivity index (χ2n) is 6.96. The van der Waals surface area contributed by atoms with Gasteiger partial charge < -0.3 is 10.1 Å². The van der Waals surface area contributed by atoms with Gasteiger partial charge in [-0.3, -0.25) is 10.1 Å². The van der Waals surface area contributed by atoms with E-state index in [9.17, 15) is 10.1 Å². The van der Waals surface area contributed by atoms with Crippen molar-refractivity contribution in [2.45, 2.75) is 31.3 Å². The van der Waals surface area contributed by atoms with Crippen LogP contribution in [0.2, 0.25) is 0 Å². The van der Waals surface area contributed by atoms with Crippen LogP contribution in [0.5, 0.6) is 5.75 Å². The van der Waals surface area contributed by atoms with Gasteiger partial charge in [-0.2, -0.15) is 0 Å². The topological polar surface area (TPSA) is 64.4 Å². The molecule has 3 atom stereocenters. The molecule has 0 aliphatic rings. The Morgan fingerprint density at radius 1 is 0.897 bits per heavy atom. The molecule has 0 aliphatic heterocycles. The Bertz CT molecular complexity index is 898. The normalized spacial score (nSPS) is 13.9. The zero-order chi connectivity index (χ0) is 20.6. The summed E-state index contributed by atoms with van der Waals surface area (Å²) in [5, 5.41) is 15.7. The van der Waals surface area contributed by atoms with Gasteiger partial charge in [0.25, 0.3) is 0 Å². The second kappa shape index (κ2) is 9.73.